The maximum Gasteiger partial charge on any atom is 0.116 e. The third-order valence-electron chi connectivity index (χ3n) is 4.52. The molecule has 0 fully saturated rings. The van der Waals surface area contributed by atoms with E-state index in [1.54, 1.807) is 29.6 Å². The topological polar surface area (TPSA) is 85.2 Å². The van der Waals surface area contributed by atoms with Crippen molar-refractivity contribution >= 4 is 10.9 Å². The third-order valence-corrected chi connectivity index (χ3v) is 4.52. The van der Waals surface area contributed by atoms with Crippen LogP contribution in [-0.4, -0.2) is 34.9 Å². The highest BCUT2D eigenvalue weighted by Gasteiger charge is 2.15. The molecule has 0 aliphatic rings. The molecule has 27 heavy (non-hydrogen) atoms. The average molecular weight is 353 g/mol. The summed E-state index contributed by atoms with van der Waals surface area (Å²) < 4.78 is 1.79. The lowest BCUT2D eigenvalue weighted by Gasteiger charge is -2.07. The molecule has 0 unspecified atom stereocenters. The Bertz CT molecular complexity index is 1240. The van der Waals surface area contributed by atoms with E-state index in [4.69, 9.17) is 0 Å². The quantitative estimate of drug-likeness (QED) is 0.537. The number of aryl methyl sites for hydroxylation is 1. The van der Waals surface area contributed by atoms with Crippen molar-refractivity contribution in [2.24, 2.45) is 7.05 Å². The Morgan fingerprint density at radius 1 is 0.963 bits per heavy atom. The second-order valence-electron chi connectivity index (χ2n) is 6.26. The first-order chi connectivity index (χ1) is 13.3. The predicted molar refractivity (Wildman–Crippen MR) is 103 cm³/mol. The number of aromatic nitrogens is 7. The molecule has 0 spiro atoms. The Morgan fingerprint density at radius 3 is 2.74 bits per heavy atom. The first-order valence-corrected chi connectivity index (χ1v) is 8.47. The average Bonchev–Trinajstić information content (AvgIpc) is 3.37. The van der Waals surface area contributed by atoms with E-state index < -0.39 is 0 Å². The molecule has 4 aromatic heterocycles. The number of hydrogen-bond acceptors (Lipinski definition) is 5. The molecule has 0 saturated carbocycles. The van der Waals surface area contributed by atoms with Crippen molar-refractivity contribution in [3.63, 3.8) is 0 Å². The van der Waals surface area contributed by atoms with Crippen LogP contribution in [0.5, 0.6) is 0 Å². The standard InChI is InChI=1S/C20H15N7/c1-27-11-15(9-25-27)13-4-5-16-18(7-13)22-12-23-20(16)17-10-24-26-19(17)14-3-2-6-21-8-14/h2-12H,1H3,(H,24,26). The smallest absolute Gasteiger partial charge is 0.116 e. The molecule has 4 heterocycles. The monoisotopic (exact) mass is 353 g/mol. The van der Waals surface area contributed by atoms with E-state index in [9.17, 15) is 0 Å². The van der Waals surface area contributed by atoms with Gasteiger partial charge >= 0.3 is 0 Å². The number of rotatable bonds is 3. The number of nitrogens with zero attached hydrogens (tertiary/aromatic N) is 6. The Balaban J connectivity index is 1.66. The summed E-state index contributed by atoms with van der Waals surface area (Å²) in [7, 11) is 1.91. The highest BCUT2D eigenvalue weighted by molar-refractivity contribution is 5.97. The van der Waals surface area contributed by atoms with Gasteiger partial charge in [-0.25, -0.2) is 9.97 Å². The maximum absolute atomic E-state index is 4.53. The fourth-order valence-corrected chi connectivity index (χ4v) is 3.22. The largest absolute Gasteiger partial charge is 0.277 e. The summed E-state index contributed by atoms with van der Waals surface area (Å²) in [6.45, 7) is 0. The number of pyridine rings is 1. The van der Waals surface area contributed by atoms with Crippen LogP contribution < -0.4 is 0 Å². The van der Waals surface area contributed by atoms with Crippen LogP contribution >= 0.6 is 0 Å². The summed E-state index contributed by atoms with van der Waals surface area (Å²) >= 11 is 0. The molecule has 0 bridgehead atoms. The normalized spacial score (nSPS) is 11.1. The molecule has 5 aromatic rings. The first-order valence-electron chi connectivity index (χ1n) is 8.47. The van der Waals surface area contributed by atoms with Gasteiger partial charge in [0.05, 0.1) is 29.3 Å². The number of H-pyrrole nitrogens is 1. The van der Waals surface area contributed by atoms with Gasteiger partial charge in [0.25, 0.3) is 0 Å². The van der Waals surface area contributed by atoms with Gasteiger partial charge in [-0.15, -0.1) is 0 Å². The number of hydrogen-bond donors (Lipinski definition) is 1. The molecule has 1 N–H and O–H groups in total. The van der Waals surface area contributed by atoms with Crippen LogP contribution in [0.1, 0.15) is 0 Å². The SMILES string of the molecule is Cn1cc(-c2ccc3c(-c4cn[nH]c4-c4cccnc4)ncnc3c2)cn1. The molecule has 0 radical (unpaired) electrons. The van der Waals surface area contributed by atoms with E-state index in [2.05, 4.69) is 42.4 Å². The third kappa shape index (κ3) is 2.65. The van der Waals surface area contributed by atoms with Gasteiger partial charge in [0, 0.05) is 47.7 Å². The molecule has 1 aromatic carbocycles. The highest BCUT2D eigenvalue weighted by atomic mass is 15.2. The number of aromatic amines is 1. The fourth-order valence-electron chi connectivity index (χ4n) is 3.22. The van der Waals surface area contributed by atoms with Crippen molar-refractivity contribution in [3.05, 3.63) is 67.6 Å². The number of benzene rings is 1. The van der Waals surface area contributed by atoms with Gasteiger partial charge in [0.1, 0.15) is 6.33 Å². The van der Waals surface area contributed by atoms with Crippen LogP contribution in [0.15, 0.2) is 67.6 Å². The highest BCUT2D eigenvalue weighted by Crippen LogP contribution is 2.33. The molecule has 7 heteroatoms. The molecule has 5 rings (SSSR count). The molecule has 0 aliphatic carbocycles. The minimum Gasteiger partial charge on any atom is -0.277 e. The van der Waals surface area contributed by atoms with E-state index in [1.165, 1.54) is 0 Å². The van der Waals surface area contributed by atoms with Gasteiger partial charge in [-0.1, -0.05) is 6.07 Å². The summed E-state index contributed by atoms with van der Waals surface area (Å²) in [6.07, 6.45) is 10.8. The Labute approximate surface area is 154 Å². The summed E-state index contributed by atoms with van der Waals surface area (Å²) in [5.74, 6) is 0. The lowest BCUT2D eigenvalue weighted by atomic mass is 10.0. The predicted octanol–water partition coefficient (Wildman–Crippen LogP) is 3.48. The van der Waals surface area contributed by atoms with Crippen molar-refractivity contribution in [2.45, 2.75) is 0 Å². The molecule has 130 valence electrons. The first kappa shape index (κ1) is 15.4. The van der Waals surface area contributed by atoms with Gasteiger partial charge in [0.15, 0.2) is 0 Å². The van der Waals surface area contributed by atoms with Crippen LogP contribution in [0, 0.1) is 0 Å². The van der Waals surface area contributed by atoms with Crippen LogP contribution in [0.4, 0.5) is 0 Å². The summed E-state index contributed by atoms with van der Waals surface area (Å²) in [6, 6.07) is 10.1. The van der Waals surface area contributed by atoms with E-state index >= 15 is 0 Å². The van der Waals surface area contributed by atoms with Gasteiger partial charge in [-0.3, -0.25) is 14.8 Å². The van der Waals surface area contributed by atoms with Crippen molar-refractivity contribution in [2.75, 3.05) is 0 Å². The van der Waals surface area contributed by atoms with Crippen molar-refractivity contribution in [1.29, 1.82) is 0 Å². The van der Waals surface area contributed by atoms with Crippen LogP contribution in [0.3, 0.4) is 0 Å². The van der Waals surface area contributed by atoms with Crippen molar-refractivity contribution < 1.29 is 0 Å². The number of fused-ring (bicyclic) bond motifs is 1. The van der Waals surface area contributed by atoms with Gasteiger partial charge < -0.3 is 0 Å². The second kappa shape index (κ2) is 6.14. The van der Waals surface area contributed by atoms with E-state index in [1.807, 2.05) is 37.6 Å². The zero-order valence-electron chi connectivity index (χ0n) is 14.5. The molecule has 0 atom stereocenters. The lowest BCUT2D eigenvalue weighted by molar-refractivity contribution is 0.768. The Kier molecular flexibility index (Phi) is 3.50. The molecule has 0 saturated heterocycles. The van der Waals surface area contributed by atoms with Gasteiger partial charge in [0.2, 0.25) is 0 Å². The zero-order chi connectivity index (χ0) is 18.2. The minimum absolute atomic E-state index is 0.838. The second-order valence-corrected chi connectivity index (χ2v) is 6.26. The van der Waals surface area contributed by atoms with Crippen molar-refractivity contribution in [3.8, 4) is 33.6 Å². The summed E-state index contributed by atoms with van der Waals surface area (Å²) in [5, 5.41) is 12.5. The van der Waals surface area contributed by atoms with E-state index in [0.29, 0.717) is 0 Å². The lowest BCUT2D eigenvalue weighted by Crippen LogP contribution is -1.91. The van der Waals surface area contributed by atoms with Gasteiger partial charge in [-0.2, -0.15) is 10.2 Å². The Hall–Kier alpha value is -3.87. The zero-order valence-corrected chi connectivity index (χ0v) is 14.5. The fraction of sp³-hybridized carbons (Fsp3) is 0.0500. The molecule has 0 aliphatic heterocycles. The maximum atomic E-state index is 4.53. The molecule has 0 amide bonds. The molecular weight excluding hydrogens is 338 g/mol. The molecular formula is C20H15N7. The number of nitrogens with one attached hydrogen (secondary N) is 1. The van der Waals surface area contributed by atoms with Gasteiger partial charge in [-0.05, 0) is 29.8 Å². The minimum atomic E-state index is 0.838. The van der Waals surface area contributed by atoms with E-state index in [0.717, 1.165) is 44.5 Å². The Morgan fingerprint density at radius 2 is 1.93 bits per heavy atom. The molecule has 7 nitrogen and oxygen atoms in total. The summed E-state index contributed by atoms with van der Waals surface area (Å²) in [4.78, 5) is 13.2. The van der Waals surface area contributed by atoms with Crippen LogP contribution in [0.25, 0.3) is 44.5 Å². The van der Waals surface area contributed by atoms with E-state index in [-0.39, 0.29) is 0 Å². The van der Waals surface area contributed by atoms with Crippen molar-refractivity contribution in [1.82, 2.24) is 34.9 Å². The summed E-state index contributed by atoms with van der Waals surface area (Å²) in [5.41, 5.74) is 6.61. The van der Waals surface area contributed by atoms with Crippen LogP contribution in [0.2, 0.25) is 0 Å². The van der Waals surface area contributed by atoms with Crippen LogP contribution in [-0.2, 0) is 7.05 Å².